The lowest BCUT2D eigenvalue weighted by molar-refractivity contribution is -0.114. The fraction of sp³-hybridized carbons (Fsp3) is 0.222. The molecule has 0 aliphatic heterocycles. The molecule has 1 aromatic heterocycles. The lowest BCUT2D eigenvalue weighted by atomic mass is 10.2. The van der Waals surface area contributed by atoms with Gasteiger partial charge < -0.3 is 5.32 Å². The summed E-state index contributed by atoms with van der Waals surface area (Å²) in [6.07, 6.45) is 0. The van der Waals surface area contributed by atoms with Gasteiger partial charge in [0, 0.05) is 32.5 Å². The van der Waals surface area contributed by atoms with Gasteiger partial charge in [-0.25, -0.2) is 12.7 Å². The summed E-state index contributed by atoms with van der Waals surface area (Å²) in [5, 5.41) is 15.1. The van der Waals surface area contributed by atoms with Crippen LogP contribution in [0.25, 0.3) is 5.69 Å². The molecule has 0 saturated heterocycles. The van der Waals surface area contributed by atoms with E-state index < -0.39 is 10.0 Å². The topological polar surface area (TPSA) is 110 Å². The zero-order valence-electron chi connectivity index (χ0n) is 16.1. The predicted molar refractivity (Wildman–Crippen MR) is 110 cm³/mol. The van der Waals surface area contributed by atoms with Crippen molar-refractivity contribution < 1.29 is 13.2 Å². The number of benzene rings is 2. The average molecular weight is 433 g/mol. The molecule has 0 aliphatic rings. The number of sulfonamides is 1. The van der Waals surface area contributed by atoms with Gasteiger partial charge in [0.15, 0.2) is 0 Å². The van der Waals surface area contributed by atoms with Gasteiger partial charge in [-0.15, -0.1) is 5.10 Å². The van der Waals surface area contributed by atoms with Gasteiger partial charge in [-0.3, -0.25) is 4.79 Å². The van der Waals surface area contributed by atoms with E-state index in [-0.39, 0.29) is 10.8 Å². The molecular weight excluding hydrogens is 412 g/mol. The number of anilines is 1. The van der Waals surface area contributed by atoms with Crippen LogP contribution in [0, 0.1) is 0 Å². The SMILES string of the molecule is CC(=O)Nc1cccc(-n2nnnc2SCc2cccc(S(=O)(=O)N(C)C)c2)c1. The number of hydrogen-bond acceptors (Lipinski definition) is 7. The van der Waals surface area contributed by atoms with Crippen LogP contribution in [0.3, 0.4) is 0 Å². The molecule has 0 aliphatic carbocycles. The normalized spacial score (nSPS) is 11.6. The maximum absolute atomic E-state index is 12.3. The second-order valence-corrected chi connectivity index (χ2v) is 9.42. The lowest BCUT2D eigenvalue weighted by Crippen LogP contribution is -2.22. The number of aromatic nitrogens is 4. The zero-order valence-corrected chi connectivity index (χ0v) is 17.7. The first-order chi connectivity index (χ1) is 13.8. The standard InChI is InChI=1S/C18H20N6O3S2/c1-13(25)19-15-7-5-8-16(11-15)24-18(20-21-22-24)28-12-14-6-4-9-17(10-14)29(26,27)23(2)3/h4-11H,12H2,1-3H3,(H,19,25). The first-order valence-electron chi connectivity index (χ1n) is 8.58. The van der Waals surface area contributed by atoms with Gasteiger partial charge in [0.25, 0.3) is 0 Å². The maximum atomic E-state index is 12.3. The van der Waals surface area contributed by atoms with Gasteiger partial charge in [0.1, 0.15) is 0 Å². The summed E-state index contributed by atoms with van der Waals surface area (Å²) >= 11 is 1.38. The molecule has 2 aromatic carbocycles. The van der Waals surface area contributed by atoms with Gasteiger partial charge in [-0.1, -0.05) is 30.0 Å². The number of thioether (sulfide) groups is 1. The molecule has 29 heavy (non-hydrogen) atoms. The molecule has 0 radical (unpaired) electrons. The Balaban J connectivity index is 1.79. The summed E-state index contributed by atoms with van der Waals surface area (Å²) < 4.78 is 27.4. The Morgan fingerprint density at radius 2 is 1.93 bits per heavy atom. The summed E-state index contributed by atoms with van der Waals surface area (Å²) in [4.78, 5) is 11.5. The Kier molecular flexibility index (Phi) is 6.30. The zero-order chi connectivity index (χ0) is 21.0. The van der Waals surface area contributed by atoms with Gasteiger partial charge in [0.2, 0.25) is 21.1 Å². The molecule has 0 unspecified atom stereocenters. The highest BCUT2D eigenvalue weighted by Crippen LogP contribution is 2.25. The monoisotopic (exact) mass is 432 g/mol. The molecule has 1 N–H and O–H groups in total. The smallest absolute Gasteiger partial charge is 0.242 e. The highest BCUT2D eigenvalue weighted by molar-refractivity contribution is 7.98. The molecule has 0 bridgehead atoms. The molecule has 0 fully saturated rings. The summed E-state index contributed by atoms with van der Waals surface area (Å²) in [5.74, 6) is 0.323. The van der Waals surface area contributed by atoms with Crippen LogP contribution < -0.4 is 5.32 Å². The van der Waals surface area contributed by atoms with E-state index in [1.165, 1.54) is 37.1 Å². The third-order valence-corrected chi connectivity index (χ3v) is 6.70. The van der Waals surface area contributed by atoms with Crippen LogP contribution in [0.15, 0.2) is 58.6 Å². The van der Waals surface area contributed by atoms with Crippen LogP contribution >= 0.6 is 11.8 Å². The molecular formula is C18H20N6O3S2. The van der Waals surface area contributed by atoms with Crippen molar-refractivity contribution in [3.63, 3.8) is 0 Å². The van der Waals surface area contributed by atoms with E-state index in [1.54, 1.807) is 41.1 Å². The Morgan fingerprint density at radius 1 is 1.17 bits per heavy atom. The molecule has 3 aromatic rings. The summed E-state index contributed by atoms with van der Waals surface area (Å²) in [6, 6.07) is 14.0. The predicted octanol–water partition coefficient (Wildman–Crippen LogP) is 2.16. The molecule has 0 spiro atoms. The molecule has 11 heteroatoms. The first kappa shape index (κ1) is 21.0. The molecule has 9 nitrogen and oxygen atoms in total. The van der Waals surface area contributed by atoms with Crippen molar-refractivity contribution in [2.45, 2.75) is 22.7 Å². The number of rotatable bonds is 7. The highest BCUT2D eigenvalue weighted by Gasteiger charge is 2.17. The van der Waals surface area contributed by atoms with E-state index in [0.29, 0.717) is 22.3 Å². The number of amides is 1. The minimum Gasteiger partial charge on any atom is -0.326 e. The number of carbonyl (C=O) groups excluding carboxylic acids is 1. The number of tetrazole rings is 1. The first-order valence-corrected chi connectivity index (χ1v) is 11.0. The van der Waals surface area contributed by atoms with E-state index in [2.05, 4.69) is 20.8 Å². The number of hydrogen-bond donors (Lipinski definition) is 1. The second kappa shape index (κ2) is 8.72. The van der Waals surface area contributed by atoms with Gasteiger partial charge in [0.05, 0.1) is 10.6 Å². The molecule has 1 heterocycles. The number of nitrogens with zero attached hydrogens (tertiary/aromatic N) is 5. The van der Waals surface area contributed by atoms with E-state index >= 15 is 0 Å². The van der Waals surface area contributed by atoms with Crippen molar-refractivity contribution in [3.8, 4) is 5.69 Å². The molecule has 0 atom stereocenters. The van der Waals surface area contributed by atoms with E-state index in [0.717, 1.165) is 5.56 Å². The highest BCUT2D eigenvalue weighted by atomic mass is 32.2. The third kappa shape index (κ3) is 5.00. The van der Waals surface area contributed by atoms with Crippen LogP contribution in [0.1, 0.15) is 12.5 Å². The van der Waals surface area contributed by atoms with Crippen molar-refractivity contribution in [2.24, 2.45) is 0 Å². The number of carbonyl (C=O) groups is 1. The fourth-order valence-electron chi connectivity index (χ4n) is 2.50. The Morgan fingerprint density at radius 3 is 2.66 bits per heavy atom. The lowest BCUT2D eigenvalue weighted by Gasteiger charge is -2.12. The molecule has 3 rings (SSSR count). The van der Waals surface area contributed by atoms with Gasteiger partial charge in [-0.05, 0) is 46.3 Å². The molecule has 0 saturated carbocycles. The number of nitrogens with one attached hydrogen (secondary N) is 1. The van der Waals surface area contributed by atoms with E-state index in [4.69, 9.17) is 0 Å². The van der Waals surface area contributed by atoms with Gasteiger partial charge in [-0.2, -0.15) is 4.68 Å². The summed E-state index contributed by atoms with van der Waals surface area (Å²) in [5.41, 5.74) is 2.18. The van der Waals surface area contributed by atoms with Crippen molar-refractivity contribution >= 4 is 33.4 Å². The maximum Gasteiger partial charge on any atom is 0.242 e. The Hall–Kier alpha value is -2.76. The minimum atomic E-state index is -3.49. The second-order valence-electron chi connectivity index (χ2n) is 6.33. The third-order valence-electron chi connectivity index (χ3n) is 3.90. The van der Waals surface area contributed by atoms with Crippen LogP contribution in [-0.4, -0.2) is 52.9 Å². The van der Waals surface area contributed by atoms with E-state index in [1.807, 2.05) is 12.1 Å². The summed E-state index contributed by atoms with van der Waals surface area (Å²) in [6.45, 7) is 1.44. The van der Waals surface area contributed by atoms with Crippen LogP contribution in [0.2, 0.25) is 0 Å². The van der Waals surface area contributed by atoms with E-state index in [9.17, 15) is 13.2 Å². The van der Waals surface area contributed by atoms with Crippen molar-refractivity contribution in [1.82, 2.24) is 24.5 Å². The summed E-state index contributed by atoms with van der Waals surface area (Å²) in [7, 11) is -0.493. The van der Waals surface area contributed by atoms with Gasteiger partial charge >= 0.3 is 0 Å². The van der Waals surface area contributed by atoms with Crippen LogP contribution in [0.4, 0.5) is 5.69 Å². The van der Waals surface area contributed by atoms with Crippen molar-refractivity contribution in [2.75, 3.05) is 19.4 Å². The Bertz CT molecular complexity index is 1130. The quantitative estimate of drug-likeness (QED) is 0.570. The van der Waals surface area contributed by atoms with Crippen molar-refractivity contribution in [3.05, 3.63) is 54.1 Å². The van der Waals surface area contributed by atoms with Crippen LogP contribution in [0.5, 0.6) is 0 Å². The van der Waals surface area contributed by atoms with Crippen molar-refractivity contribution in [1.29, 1.82) is 0 Å². The Labute approximate surface area is 173 Å². The molecule has 152 valence electrons. The largest absolute Gasteiger partial charge is 0.326 e. The minimum absolute atomic E-state index is 0.166. The molecule has 1 amide bonds. The van der Waals surface area contributed by atoms with Crippen LogP contribution in [-0.2, 0) is 20.6 Å². The fourth-order valence-corrected chi connectivity index (χ4v) is 4.31. The average Bonchev–Trinajstić information content (AvgIpc) is 3.15.